The first-order chi connectivity index (χ1) is 11.3. The van der Waals surface area contributed by atoms with Gasteiger partial charge in [-0.15, -0.1) is 0 Å². The number of H-pyrrole nitrogens is 1. The fourth-order valence-electron chi connectivity index (χ4n) is 2.72. The Bertz CT molecular complexity index is 951. The molecule has 0 fully saturated rings. The molecule has 0 unspecified atom stereocenters. The number of hydrogen-bond donors (Lipinski definition) is 1. The number of nitrogens with zero attached hydrogens (tertiary/aromatic N) is 1. The van der Waals surface area contributed by atoms with Gasteiger partial charge in [-0.25, -0.2) is 0 Å². The number of aromatic nitrogens is 2. The molecule has 6 heteroatoms. The van der Waals surface area contributed by atoms with Crippen LogP contribution in [0.25, 0.3) is 16.9 Å². The van der Waals surface area contributed by atoms with E-state index in [0.29, 0.717) is 5.69 Å². The lowest BCUT2D eigenvalue weighted by molar-refractivity contribution is -0.137. The van der Waals surface area contributed by atoms with Crippen LogP contribution in [0.4, 0.5) is 13.2 Å². The molecule has 1 aromatic carbocycles. The van der Waals surface area contributed by atoms with Gasteiger partial charge in [-0.2, -0.15) is 13.2 Å². The van der Waals surface area contributed by atoms with Crippen LogP contribution < -0.4 is 5.56 Å². The van der Waals surface area contributed by atoms with Gasteiger partial charge in [-0.3, -0.25) is 9.36 Å². The van der Waals surface area contributed by atoms with Gasteiger partial charge in [0.25, 0.3) is 5.56 Å². The van der Waals surface area contributed by atoms with Crippen LogP contribution in [-0.2, 0) is 6.18 Å². The Labute approximate surface area is 136 Å². The maximum absolute atomic E-state index is 12.9. The molecule has 0 saturated heterocycles. The van der Waals surface area contributed by atoms with E-state index in [1.54, 1.807) is 13.0 Å². The minimum atomic E-state index is -4.46. The normalized spacial score (nSPS) is 11.7. The van der Waals surface area contributed by atoms with Gasteiger partial charge < -0.3 is 4.98 Å². The van der Waals surface area contributed by atoms with Crippen LogP contribution in [0.1, 0.15) is 16.8 Å². The zero-order valence-electron chi connectivity index (χ0n) is 13.1. The molecule has 3 nitrogen and oxygen atoms in total. The second kappa shape index (κ2) is 5.70. The summed E-state index contributed by atoms with van der Waals surface area (Å²) in [6.45, 7) is 3.64. The van der Waals surface area contributed by atoms with Crippen LogP contribution in [0.15, 0.2) is 53.5 Å². The monoisotopic (exact) mass is 332 g/mol. The third-order valence-electron chi connectivity index (χ3n) is 3.89. The van der Waals surface area contributed by atoms with E-state index >= 15 is 0 Å². The zero-order chi connectivity index (χ0) is 17.5. The predicted molar refractivity (Wildman–Crippen MR) is 86.3 cm³/mol. The van der Waals surface area contributed by atoms with E-state index in [2.05, 4.69) is 4.98 Å². The standard InChI is InChI=1S/C18H15F3N2O/c1-11-8-16(22-10-11)15-6-7-17(24)23(12(15)2)14-5-3-4-13(9-14)18(19,20)21/h3-10,22H,1-2H3. The van der Waals surface area contributed by atoms with Crippen molar-refractivity contribution in [3.8, 4) is 16.9 Å². The summed E-state index contributed by atoms with van der Waals surface area (Å²) in [6.07, 6.45) is -2.63. The highest BCUT2D eigenvalue weighted by atomic mass is 19.4. The largest absolute Gasteiger partial charge is 0.416 e. The van der Waals surface area contributed by atoms with Crippen molar-refractivity contribution < 1.29 is 13.2 Å². The van der Waals surface area contributed by atoms with Crippen LogP contribution >= 0.6 is 0 Å². The molecule has 2 aromatic heterocycles. The number of nitrogens with one attached hydrogen (secondary N) is 1. The highest BCUT2D eigenvalue weighted by Crippen LogP contribution is 2.31. The Hall–Kier alpha value is -2.76. The summed E-state index contributed by atoms with van der Waals surface area (Å²) in [5, 5.41) is 0. The third-order valence-corrected chi connectivity index (χ3v) is 3.89. The van der Waals surface area contributed by atoms with Crippen LogP contribution in [0, 0.1) is 13.8 Å². The van der Waals surface area contributed by atoms with E-state index in [1.807, 2.05) is 19.2 Å². The van der Waals surface area contributed by atoms with E-state index < -0.39 is 11.7 Å². The summed E-state index contributed by atoms with van der Waals surface area (Å²) in [7, 11) is 0. The average molecular weight is 332 g/mol. The molecule has 1 N–H and O–H groups in total. The van der Waals surface area contributed by atoms with E-state index in [0.717, 1.165) is 29.0 Å². The van der Waals surface area contributed by atoms with Crippen molar-refractivity contribution in [1.82, 2.24) is 9.55 Å². The molecular formula is C18H15F3N2O. The minimum Gasteiger partial charge on any atom is -0.361 e. The smallest absolute Gasteiger partial charge is 0.361 e. The molecular weight excluding hydrogens is 317 g/mol. The zero-order valence-corrected chi connectivity index (χ0v) is 13.1. The molecule has 124 valence electrons. The molecule has 0 amide bonds. The molecule has 0 aliphatic heterocycles. The van der Waals surface area contributed by atoms with E-state index in [1.165, 1.54) is 22.8 Å². The Kier molecular flexibility index (Phi) is 3.83. The number of benzene rings is 1. The first-order valence-corrected chi connectivity index (χ1v) is 7.33. The van der Waals surface area contributed by atoms with Gasteiger partial charge in [-0.05, 0) is 49.7 Å². The lowest BCUT2D eigenvalue weighted by Crippen LogP contribution is -2.20. The van der Waals surface area contributed by atoms with E-state index in [9.17, 15) is 18.0 Å². The van der Waals surface area contributed by atoms with E-state index in [4.69, 9.17) is 0 Å². The van der Waals surface area contributed by atoms with Crippen molar-refractivity contribution in [2.24, 2.45) is 0 Å². The maximum atomic E-state index is 12.9. The number of rotatable bonds is 2. The van der Waals surface area contributed by atoms with E-state index in [-0.39, 0.29) is 11.2 Å². The van der Waals surface area contributed by atoms with Gasteiger partial charge >= 0.3 is 6.18 Å². The summed E-state index contributed by atoms with van der Waals surface area (Å²) in [6, 6.07) is 9.72. The SMILES string of the molecule is Cc1c[nH]c(-c2ccc(=O)n(-c3cccc(C(F)(F)F)c3)c2C)c1. The van der Waals surface area contributed by atoms with Gasteiger partial charge in [-0.1, -0.05) is 6.07 Å². The third kappa shape index (κ3) is 2.87. The molecule has 3 rings (SSSR count). The lowest BCUT2D eigenvalue weighted by Gasteiger charge is -2.15. The fraction of sp³-hybridized carbons (Fsp3) is 0.167. The molecule has 0 aliphatic rings. The summed E-state index contributed by atoms with van der Waals surface area (Å²) >= 11 is 0. The molecule has 0 radical (unpaired) electrons. The summed E-state index contributed by atoms with van der Waals surface area (Å²) in [4.78, 5) is 15.4. The van der Waals surface area contributed by atoms with Crippen molar-refractivity contribution in [3.05, 3.63) is 75.8 Å². The molecule has 0 saturated carbocycles. The van der Waals surface area contributed by atoms with Gasteiger partial charge in [0, 0.05) is 34.9 Å². The maximum Gasteiger partial charge on any atom is 0.416 e. The Morgan fingerprint density at radius 1 is 1.04 bits per heavy atom. The molecule has 2 heterocycles. The number of halogens is 3. The number of hydrogen-bond acceptors (Lipinski definition) is 1. The molecule has 24 heavy (non-hydrogen) atoms. The molecule has 0 aliphatic carbocycles. The number of aryl methyl sites for hydroxylation is 1. The van der Waals surface area contributed by atoms with Crippen LogP contribution in [0.2, 0.25) is 0 Å². The Balaban J connectivity index is 2.20. The summed E-state index contributed by atoms with van der Waals surface area (Å²) < 4.78 is 40.1. The lowest BCUT2D eigenvalue weighted by atomic mass is 10.1. The average Bonchev–Trinajstić information content (AvgIpc) is 2.93. The Morgan fingerprint density at radius 3 is 2.42 bits per heavy atom. The van der Waals surface area contributed by atoms with Gasteiger partial charge in [0.15, 0.2) is 0 Å². The number of aromatic amines is 1. The first-order valence-electron chi connectivity index (χ1n) is 7.33. The van der Waals surface area contributed by atoms with Gasteiger partial charge in [0.1, 0.15) is 0 Å². The quantitative estimate of drug-likeness (QED) is 0.739. The van der Waals surface area contributed by atoms with Crippen molar-refractivity contribution in [1.29, 1.82) is 0 Å². The number of pyridine rings is 1. The van der Waals surface area contributed by atoms with Crippen molar-refractivity contribution in [2.75, 3.05) is 0 Å². The van der Waals surface area contributed by atoms with Crippen molar-refractivity contribution >= 4 is 0 Å². The second-order valence-corrected chi connectivity index (χ2v) is 5.64. The topological polar surface area (TPSA) is 37.8 Å². The number of alkyl halides is 3. The minimum absolute atomic E-state index is 0.192. The second-order valence-electron chi connectivity index (χ2n) is 5.64. The molecule has 3 aromatic rings. The van der Waals surface area contributed by atoms with Gasteiger partial charge in [0.2, 0.25) is 0 Å². The van der Waals surface area contributed by atoms with Gasteiger partial charge in [0.05, 0.1) is 5.56 Å². The van der Waals surface area contributed by atoms with Crippen molar-refractivity contribution in [3.63, 3.8) is 0 Å². The molecule has 0 spiro atoms. The van der Waals surface area contributed by atoms with Crippen LogP contribution in [-0.4, -0.2) is 9.55 Å². The first kappa shape index (κ1) is 16.1. The summed E-state index contributed by atoms with van der Waals surface area (Å²) in [5.74, 6) is 0. The van der Waals surface area contributed by atoms with Crippen molar-refractivity contribution in [2.45, 2.75) is 20.0 Å². The van der Waals surface area contributed by atoms with Crippen LogP contribution in [0.3, 0.4) is 0 Å². The summed E-state index contributed by atoms with van der Waals surface area (Å²) in [5.41, 5.74) is 2.21. The predicted octanol–water partition coefficient (Wildman–Crippen LogP) is 4.47. The van der Waals surface area contributed by atoms with Crippen LogP contribution in [0.5, 0.6) is 0 Å². The molecule has 0 atom stereocenters. The molecule has 0 bridgehead atoms. The highest BCUT2D eigenvalue weighted by molar-refractivity contribution is 5.64. The Morgan fingerprint density at radius 2 is 1.79 bits per heavy atom. The highest BCUT2D eigenvalue weighted by Gasteiger charge is 2.30. The fourth-order valence-corrected chi connectivity index (χ4v) is 2.72.